The number of carbonyl (C=O) groups is 2. The van der Waals surface area contributed by atoms with Crippen molar-refractivity contribution in [2.75, 3.05) is 0 Å². The number of carboxylic acid groups (broad SMARTS) is 2. The first-order valence-corrected chi connectivity index (χ1v) is 15.5. The summed E-state index contributed by atoms with van der Waals surface area (Å²) in [6.45, 7) is 12.1. The Morgan fingerprint density at radius 1 is 0.623 bits per heavy atom. The Labute approximate surface area is 313 Å². The molecule has 15 heteroatoms. The van der Waals surface area contributed by atoms with Crippen LogP contribution < -0.4 is 10.2 Å². The molecule has 0 amide bonds. The van der Waals surface area contributed by atoms with Crippen LogP contribution in [0.15, 0.2) is 70.6 Å². The molecule has 53 heavy (non-hydrogen) atoms. The number of rotatable bonds is 4. The topological polar surface area (TPSA) is 145 Å². The van der Waals surface area contributed by atoms with E-state index in [4.69, 9.17) is 19.8 Å². The Hall–Kier alpha value is -4.89. The molecule has 4 aromatic rings. The number of benzene rings is 4. The summed E-state index contributed by atoms with van der Waals surface area (Å²) in [4.78, 5) is 26.6. The van der Waals surface area contributed by atoms with Gasteiger partial charge in [-0.3, -0.25) is 9.98 Å². The smallest absolute Gasteiger partial charge is 0.550 e. The van der Waals surface area contributed by atoms with Crippen molar-refractivity contribution in [1.29, 1.82) is 0 Å². The van der Waals surface area contributed by atoms with E-state index in [0.717, 1.165) is 50.5 Å². The summed E-state index contributed by atoms with van der Waals surface area (Å²) in [7, 11) is 0. The molecule has 0 unspecified atom stereocenters. The van der Waals surface area contributed by atoms with Gasteiger partial charge >= 0.3 is 29.1 Å². The van der Waals surface area contributed by atoms with E-state index in [2.05, 4.69) is 9.98 Å². The molecular weight excluding hydrogens is 753 g/mol. The van der Waals surface area contributed by atoms with Crippen LogP contribution in [0.1, 0.15) is 88.8 Å². The maximum Gasteiger partial charge on any atom is 2.00 e. The van der Waals surface area contributed by atoms with E-state index in [9.17, 15) is 36.6 Å². The average molecular weight is 792 g/mol. The number of hydrogen-bond donors (Lipinski definition) is 2. The van der Waals surface area contributed by atoms with Gasteiger partial charge in [-0.15, -0.1) is 0 Å². The van der Waals surface area contributed by atoms with Gasteiger partial charge in [-0.2, -0.15) is 26.3 Å². The summed E-state index contributed by atoms with van der Waals surface area (Å²) >= 11 is 0. The summed E-state index contributed by atoms with van der Waals surface area (Å²) in [6, 6.07) is 13.6. The number of carboxylic acids is 2. The molecule has 4 rings (SSSR count). The zero-order chi connectivity index (χ0) is 40.0. The van der Waals surface area contributed by atoms with Crippen LogP contribution in [0.5, 0.6) is 11.5 Å². The van der Waals surface area contributed by atoms with Gasteiger partial charge in [0, 0.05) is 52.0 Å². The van der Waals surface area contributed by atoms with Crippen LogP contribution in [0, 0.1) is 0 Å². The fraction of sp³-hybridized carbons (Fsp3) is 0.316. The molecular formula is C38H38CoF6N2O6. The maximum absolute atomic E-state index is 13.7. The number of fused-ring (bicyclic) bond motifs is 1. The Morgan fingerprint density at radius 3 is 1.19 bits per heavy atom. The van der Waals surface area contributed by atoms with E-state index >= 15 is 0 Å². The van der Waals surface area contributed by atoms with Crippen molar-refractivity contribution >= 4 is 46.5 Å². The summed E-state index contributed by atoms with van der Waals surface area (Å²) < 4.78 is 82.2. The minimum Gasteiger partial charge on any atom is -0.550 e. The van der Waals surface area contributed by atoms with E-state index < -0.39 is 46.2 Å². The number of hydrogen-bond acceptors (Lipinski definition) is 8. The van der Waals surface area contributed by atoms with Gasteiger partial charge in [-0.05, 0) is 66.5 Å². The number of aliphatic imine (C=N–C) groups is 2. The third-order valence-corrected chi connectivity index (χ3v) is 7.10. The summed E-state index contributed by atoms with van der Waals surface area (Å²) in [6.07, 6.45) is -7.02. The molecule has 0 heterocycles. The minimum absolute atomic E-state index is 0. The van der Waals surface area contributed by atoms with Gasteiger partial charge in [0.25, 0.3) is 0 Å². The van der Waals surface area contributed by atoms with Crippen molar-refractivity contribution < 1.29 is 73.1 Å². The molecule has 0 atom stereocenters. The van der Waals surface area contributed by atoms with Gasteiger partial charge in [0.15, 0.2) is 0 Å². The fourth-order valence-electron chi connectivity index (χ4n) is 4.78. The van der Waals surface area contributed by atoms with Crippen LogP contribution in [0.25, 0.3) is 10.8 Å². The van der Waals surface area contributed by atoms with Crippen molar-refractivity contribution in [3.63, 3.8) is 0 Å². The second kappa shape index (κ2) is 17.8. The summed E-state index contributed by atoms with van der Waals surface area (Å²) in [5.74, 6) is -2.83. The van der Waals surface area contributed by atoms with Crippen LogP contribution >= 0.6 is 0 Å². The second-order valence-electron chi connectivity index (χ2n) is 13.6. The number of aliphatic carboxylic acids is 2. The summed E-state index contributed by atoms with van der Waals surface area (Å²) in [5.41, 5.74) is -2.91. The van der Waals surface area contributed by atoms with E-state index in [-0.39, 0.29) is 50.5 Å². The fourth-order valence-corrected chi connectivity index (χ4v) is 4.78. The normalized spacial score (nSPS) is 12.1. The standard InChI is InChI=1S/C34H32F6N2O2.2C2H4O2.Co/c1-31(2,3)24-15-22(33(35,36)37)13-20(29(24)43)17-41-26-11-7-9-19-10-8-12-27(28(19)26)42-18-21-14-23(34(38,39)40)16-25(30(21)44)32(4,5)6;2*1-2(3)4;/h7-18,43-44H,1-6H3;2*1H3,(H,3,4);/q;;;+2/p-2. The van der Waals surface area contributed by atoms with Gasteiger partial charge in [0.05, 0.1) is 22.5 Å². The third-order valence-electron chi connectivity index (χ3n) is 7.10. The molecule has 0 fully saturated rings. The molecule has 0 spiro atoms. The minimum atomic E-state index is -4.65. The molecule has 0 bridgehead atoms. The summed E-state index contributed by atoms with van der Waals surface area (Å²) in [5, 5.41) is 40.6. The quantitative estimate of drug-likeness (QED) is 0.159. The molecule has 0 aliphatic carbocycles. The predicted octanol–water partition coefficient (Wildman–Crippen LogP) is 7.89. The average Bonchev–Trinajstić information content (AvgIpc) is 2.97. The van der Waals surface area contributed by atoms with Gasteiger partial charge in [-0.1, -0.05) is 65.8 Å². The van der Waals surface area contributed by atoms with Crippen molar-refractivity contribution in [3.8, 4) is 11.5 Å². The van der Waals surface area contributed by atoms with E-state index in [1.54, 1.807) is 77.9 Å². The second-order valence-corrected chi connectivity index (χ2v) is 13.6. The molecule has 0 aliphatic rings. The predicted molar refractivity (Wildman–Crippen MR) is 183 cm³/mol. The van der Waals surface area contributed by atoms with E-state index in [1.165, 1.54) is 0 Å². The maximum atomic E-state index is 13.7. The number of phenols is 2. The number of halogens is 6. The first kappa shape index (κ1) is 46.1. The molecule has 4 aromatic carbocycles. The van der Waals surface area contributed by atoms with Crippen LogP contribution in [-0.4, -0.2) is 34.6 Å². The van der Waals surface area contributed by atoms with E-state index in [1.807, 2.05) is 0 Å². The SMILES string of the molecule is CC(=O)[O-].CC(=O)[O-].CC(C)(C)c1cc(C(F)(F)F)cc(C=Nc2cccc3cccc(N=Cc4cc(C(F)(F)F)cc(C(C)(C)C)c4O)c23)c1O.[Co+2]. The first-order valence-electron chi connectivity index (χ1n) is 15.5. The van der Waals surface area contributed by atoms with Crippen LogP contribution in [0.4, 0.5) is 37.7 Å². The zero-order valence-corrected chi connectivity index (χ0v) is 31.0. The number of phenolic OH excluding ortho intramolecular Hbond substituents is 2. The molecule has 8 nitrogen and oxygen atoms in total. The van der Waals surface area contributed by atoms with Crippen molar-refractivity contribution in [3.05, 3.63) is 94.0 Å². The monoisotopic (exact) mass is 791 g/mol. The van der Waals surface area contributed by atoms with Gasteiger partial charge in [-0.25, -0.2) is 0 Å². The zero-order valence-electron chi connectivity index (χ0n) is 30.0. The first-order chi connectivity index (χ1) is 23.6. The van der Waals surface area contributed by atoms with Gasteiger partial charge in [0.1, 0.15) is 11.5 Å². The molecule has 2 N–H and O–H groups in total. The van der Waals surface area contributed by atoms with Crippen LogP contribution in [-0.2, 0) is 49.6 Å². The number of aromatic hydroxyl groups is 2. The van der Waals surface area contributed by atoms with Crippen molar-refractivity contribution in [2.45, 2.75) is 78.6 Å². The Bertz CT molecular complexity index is 1850. The van der Waals surface area contributed by atoms with Crippen molar-refractivity contribution in [2.24, 2.45) is 9.98 Å². The van der Waals surface area contributed by atoms with Crippen LogP contribution in [0.2, 0.25) is 0 Å². The van der Waals surface area contributed by atoms with E-state index in [0.29, 0.717) is 22.1 Å². The molecule has 287 valence electrons. The molecule has 0 saturated heterocycles. The van der Waals surface area contributed by atoms with Crippen LogP contribution in [0.3, 0.4) is 0 Å². The largest absolute Gasteiger partial charge is 2.00 e. The third kappa shape index (κ3) is 13.2. The Balaban J connectivity index is 0.00000142. The number of nitrogens with zero attached hydrogens (tertiary/aromatic N) is 2. The molecule has 0 aromatic heterocycles. The van der Waals surface area contributed by atoms with Gasteiger partial charge < -0.3 is 30.0 Å². The molecule has 0 saturated carbocycles. The molecule has 0 aliphatic heterocycles. The number of alkyl halides is 6. The number of carbonyl (C=O) groups excluding carboxylic acids is 2. The Kier molecular flexibility index (Phi) is 15.5. The Morgan fingerprint density at radius 2 is 0.925 bits per heavy atom. The van der Waals surface area contributed by atoms with Gasteiger partial charge in [0.2, 0.25) is 0 Å². The molecule has 1 radical (unpaired) electrons. The van der Waals surface area contributed by atoms with Crippen molar-refractivity contribution in [1.82, 2.24) is 0 Å².